The number of halogens is 1. The Labute approximate surface area is 105 Å². The molecule has 2 rings (SSSR count). The van der Waals surface area contributed by atoms with Gasteiger partial charge in [0.2, 0.25) is 5.91 Å². The van der Waals surface area contributed by atoms with Crippen LogP contribution in [0.15, 0.2) is 0 Å². The van der Waals surface area contributed by atoms with E-state index in [4.69, 9.17) is 4.74 Å². The quantitative estimate of drug-likeness (QED) is 0.762. The van der Waals surface area contributed by atoms with Crippen molar-refractivity contribution in [2.75, 3.05) is 13.7 Å². The van der Waals surface area contributed by atoms with Crippen LogP contribution in [-0.4, -0.2) is 30.0 Å². The number of carbonyl (C=O) groups excluding carboxylic acids is 1. The van der Waals surface area contributed by atoms with Crippen LogP contribution in [0.2, 0.25) is 0 Å². The van der Waals surface area contributed by atoms with Gasteiger partial charge in [-0.1, -0.05) is 15.9 Å². The largest absolute Gasteiger partial charge is 0.378 e. The van der Waals surface area contributed by atoms with Crippen molar-refractivity contribution in [3.8, 4) is 0 Å². The molecule has 0 aromatic rings. The van der Waals surface area contributed by atoms with E-state index >= 15 is 0 Å². The lowest BCUT2D eigenvalue weighted by Gasteiger charge is -2.39. The van der Waals surface area contributed by atoms with Gasteiger partial charge in [-0.25, -0.2) is 0 Å². The van der Waals surface area contributed by atoms with E-state index in [0.717, 1.165) is 25.3 Å². The third-order valence-corrected chi connectivity index (χ3v) is 4.88. The maximum Gasteiger partial charge on any atom is 0.222 e. The fourth-order valence-corrected chi connectivity index (χ4v) is 2.91. The molecule has 1 atom stereocenters. The number of hydrogen-bond donors (Lipinski definition) is 1. The van der Waals surface area contributed by atoms with Crippen molar-refractivity contribution in [2.24, 2.45) is 5.92 Å². The average Bonchev–Trinajstić information content (AvgIpc) is 3.03. The Bertz CT molecular complexity index is 256. The predicted octanol–water partition coefficient (Wildman–Crippen LogP) is 2.24. The number of hydrogen-bond acceptors (Lipinski definition) is 2. The summed E-state index contributed by atoms with van der Waals surface area (Å²) < 4.78 is 5.44. The van der Waals surface area contributed by atoms with Crippen molar-refractivity contribution >= 4 is 21.8 Å². The van der Waals surface area contributed by atoms with Gasteiger partial charge in [0.15, 0.2) is 0 Å². The molecule has 2 fully saturated rings. The highest BCUT2D eigenvalue weighted by molar-refractivity contribution is 9.09. The summed E-state index contributed by atoms with van der Waals surface area (Å²) in [4.78, 5) is 12.2. The molecular formula is C12H20BrNO2. The molecule has 0 aliphatic heterocycles. The zero-order chi connectivity index (χ0) is 11.6. The normalized spacial score (nSPS) is 24.6. The summed E-state index contributed by atoms with van der Waals surface area (Å²) in [6, 6.07) is 0. The van der Waals surface area contributed by atoms with E-state index in [2.05, 4.69) is 21.2 Å². The lowest BCUT2D eigenvalue weighted by atomic mass is 9.77. The highest BCUT2D eigenvalue weighted by atomic mass is 79.9. The molecule has 2 aliphatic carbocycles. The molecule has 0 saturated heterocycles. The molecular weight excluding hydrogens is 270 g/mol. The van der Waals surface area contributed by atoms with Crippen molar-refractivity contribution in [2.45, 2.75) is 49.0 Å². The van der Waals surface area contributed by atoms with Crippen LogP contribution in [0, 0.1) is 5.92 Å². The highest BCUT2D eigenvalue weighted by Gasteiger charge is 2.39. The molecule has 0 heterocycles. The molecule has 3 nitrogen and oxygen atoms in total. The number of methoxy groups -OCH3 is 1. The third kappa shape index (κ3) is 2.98. The van der Waals surface area contributed by atoms with Gasteiger partial charge in [-0.3, -0.25) is 4.79 Å². The molecule has 1 unspecified atom stereocenters. The summed E-state index contributed by atoms with van der Waals surface area (Å²) in [6.07, 6.45) is 6.36. The van der Waals surface area contributed by atoms with E-state index in [-0.39, 0.29) is 11.5 Å². The van der Waals surface area contributed by atoms with Crippen LogP contribution >= 0.6 is 15.9 Å². The summed E-state index contributed by atoms with van der Waals surface area (Å²) in [5.41, 5.74) is -0.147. The topological polar surface area (TPSA) is 38.3 Å². The predicted molar refractivity (Wildman–Crippen MR) is 66.7 cm³/mol. The number of nitrogens with one attached hydrogen (secondary N) is 1. The summed E-state index contributed by atoms with van der Waals surface area (Å²) in [5, 5.41) is 3.00. The van der Waals surface area contributed by atoms with E-state index < -0.39 is 0 Å². The number of amides is 1. The highest BCUT2D eigenvalue weighted by Crippen LogP contribution is 2.38. The van der Waals surface area contributed by atoms with Gasteiger partial charge in [0, 0.05) is 18.5 Å². The Kier molecular flexibility index (Phi) is 3.90. The van der Waals surface area contributed by atoms with E-state index in [1.165, 1.54) is 19.3 Å². The van der Waals surface area contributed by atoms with E-state index in [0.29, 0.717) is 11.2 Å². The first-order valence-electron chi connectivity index (χ1n) is 6.11. The van der Waals surface area contributed by atoms with Crippen LogP contribution in [0.25, 0.3) is 0 Å². The van der Waals surface area contributed by atoms with Gasteiger partial charge in [0.05, 0.1) is 12.0 Å². The van der Waals surface area contributed by atoms with Crippen LogP contribution in [-0.2, 0) is 9.53 Å². The SMILES string of the molecule is COC1(CC(=O)NCC(Br)C2CC2)CCC1. The second kappa shape index (κ2) is 5.05. The summed E-state index contributed by atoms with van der Waals surface area (Å²) in [7, 11) is 1.71. The molecule has 0 aromatic carbocycles. The Morgan fingerprint density at radius 3 is 2.69 bits per heavy atom. The average molecular weight is 290 g/mol. The van der Waals surface area contributed by atoms with Crippen molar-refractivity contribution in [3.63, 3.8) is 0 Å². The van der Waals surface area contributed by atoms with Crippen LogP contribution in [0.1, 0.15) is 38.5 Å². The van der Waals surface area contributed by atoms with Gasteiger partial charge in [-0.05, 0) is 38.0 Å². The lowest BCUT2D eigenvalue weighted by molar-refractivity contribution is -0.134. The number of alkyl halides is 1. The summed E-state index contributed by atoms with van der Waals surface area (Å²) >= 11 is 3.61. The summed E-state index contributed by atoms with van der Waals surface area (Å²) in [6.45, 7) is 0.753. The smallest absolute Gasteiger partial charge is 0.222 e. The Balaban J connectivity index is 1.67. The van der Waals surface area contributed by atoms with Crippen molar-refractivity contribution in [1.29, 1.82) is 0 Å². The molecule has 0 aromatic heterocycles. The molecule has 0 spiro atoms. The molecule has 1 amide bonds. The second-order valence-electron chi connectivity index (χ2n) is 5.07. The van der Waals surface area contributed by atoms with Crippen molar-refractivity contribution in [3.05, 3.63) is 0 Å². The fourth-order valence-electron chi connectivity index (χ4n) is 2.22. The Morgan fingerprint density at radius 1 is 1.56 bits per heavy atom. The minimum absolute atomic E-state index is 0.131. The van der Waals surface area contributed by atoms with Crippen molar-refractivity contribution < 1.29 is 9.53 Å². The van der Waals surface area contributed by atoms with Crippen LogP contribution in [0.5, 0.6) is 0 Å². The molecule has 1 N–H and O–H groups in total. The van der Waals surface area contributed by atoms with Crippen LogP contribution in [0.4, 0.5) is 0 Å². The second-order valence-corrected chi connectivity index (χ2v) is 6.25. The van der Waals surface area contributed by atoms with Crippen LogP contribution in [0.3, 0.4) is 0 Å². The van der Waals surface area contributed by atoms with Gasteiger partial charge in [0.1, 0.15) is 0 Å². The Morgan fingerprint density at radius 2 is 2.25 bits per heavy atom. The first-order chi connectivity index (χ1) is 7.65. The molecule has 2 aliphatic rings. The Hall–Kier alpha value is -0.0900. The molecule has 92 valence electrons. The van der Waals surface area contributed by atoms with Gasteiger partial charge >= 0.3 is 0 Å². The molecule has 0 bridgehead atoms. The number of rotatable bonds is 6. The summed E-state index contributed by atoms with van der Waals surface area (Å²) in [5.74, 6) is 0.909. The lowest BCUT2D eigenvalue weighted by Crippen LogP contribution is -2.44. The minimum Gasteiger partial charge on any atom is -0.378 e. The molecule has 16 heavy (non-hydrogen) atoms. The van der Waals surface area contributed by atoms with Crippen LogP contribution < -0.4 is 5.32 Å². The minimum atomic E-state index is -0.147. The fraction of sp³-hybridized carbons (Fsp3) is 0.917. The standard InChI is InChI=1S/C12H20BrNO2/c1-16-12(5-2-6-12)7-11(15)14-8-10(13)9-3-4-9/h9-10H,2-8H2,1H3,(H,14,15). The monoisotopic (exact) mass is 289 g/mol. The third-order valence-electron chi connectivity index (χ3n) is 3.81. The maximum atomic E-state index is 11.7. The van der Waals surface area contributed by atoms with Gasteiger partial charge in [-0.2, -0.15) is 0 Å². The number of ether oxygens (including phenoxy) is 1. The first-order valence-corrected chi connectivity index (χ1v) is 7.03. The van der Waals surface area contributed by atoms with Gasteiger partial charge < -0.3 is 10.1 Å². The van der Waals surface area contributed by atoms with Crippen molar-refractivity contribution in [1.82, 2.24) is 5.32 Å². The first kappa shape index (κ1) is 12.4. The zero-order valence-corrected chi connectivity index (χ0v) is 11.4. The number of carbonyl (C=O) groups is 1. The van der Waals surface area contributed by atoms with E-state index in [1.54, 1.807) is 7.11 Å². The molecule has 0 radical (unpaired) electrons. The maximum absolute atomic E-state index is 11.7. The van der Waals surface area contributed by atoms with Gasteiger partial charge in [0.25, 0.3) is 0 Å². The zero-order valence-electron chi connectivity index (χ0n) is 9.80. The molecule has 4 heteroatoms. The van der Waals surface area contributed by atoms with E-state index in [9.17, 15) is 4.79 Å². The molecule has 2 saturated carbocycles. The van der Waals surface area contributed by atoms with E-state index in [1.807, 2.05) is 0 Å². The van der Waals surface area contributed by atoms with Gasteiger partial charge in [-0.15, -0.1) is 0 Å².